The predicted octanol–water partition coefficient (Wildman–Crippen LogP) is 7.03. The van der Waals surface area contributed by atoms with E-state index in [1.807, 2.05) is 0 Å². The third kappa shape index (κ3) is 4.55. The number of hydrogen-bond acceptors (Lipinski definition) is 1. The van der Waals surface area contributed by atoms with Crippen LogP contribution in [0.2, 0.25) is 0 Å². The van der Waals surface area contributed by atoms with Gasteiger partial charge in [0.1, 0.15) is 22.9 Å². The molecular formula is C22H16F6O. The van der Waals surface area contributed by atoms with Gasteiger partial charge in [-0.15, -0.1) is 0 Å². The van der Waals surface area contributed by atoms with Crippen LogP contribution in [0.3, 0.4) is 0 Å². The van der Waals surface area contributed by atoms with Crippen LogP contribution in [0.4, 0.5) is 26.3 Å². The van der Waals surface area contributed by atoms with Gasteiger partial charge < -0.3 is 4.74 Å². The largest absolute Gasteiger partial charge is 0.432 e. The molecule has 152 valence electrons. The number of rotatable bonds is 6. The third-order valence-electron chi connectivity index (χ3n) is 4.33. The molecule has 0 atom stereocenters. The monoisotopic (exact) mass is 410 g/mol. The summed E-state index contributed by atoms with van der Waals surface area (Å²) >= 11 is 0. The van der Waals surface area contributed by atoms with Gasteiger partial charge in [0.25, 0.3) is 0 Å². The number of fused-ring (bicyclic) bond motifs is 1. The number of hydrogen-bond donors (Lipinski definition) is 0. The third-order valence-corrected chi connectivity index (χ3v) is 4.33. The maximum Gasteiger partial charge on any atom is 0.432 e. The van der Waals surface area contributed by atoms with Crippen LogP contribution in [0.15, 0.2) is 54.6 Å². The van der Waals surface area contributed by atoms with Gasteiger partial charge in [-0.05, 0) is 72.5 Å². The van der Waals surface area contributed by atoms with Gasteiger partial charge in [0.2, 0.25) is 0 Å². The second-order valence-corrected chi connectivity index (χ2v) is 6.44. The minimum Gasteiger partial charge on any atom is -0.429 e. The SMILES string of the molecule is C/C=C/CCc1cc(F)c(C(F)(F)Oc2ccc3cc(F)c(F)cc3c2)c(F)c1. The van der Waals surface area contributed by atoms with Gasteiger partial charge in [-0.2, -0.15) is 8.78 Å². The van der Waals surface area contributed by atoms with Crippen molar-refractivity contribution in [1.82, 2.24) is 0 Å². The molecular weight excluding hydrogens is 394 g/mol. The Kier molecular flexibility index (Phi) is 5.86. The van der Waals surface area contributed by atoms with Crippen LogP contribution >= 0.6 is 0 Å². The average molecular weight is 410 g/mol. The van der Waals surface area contributed by atoms with E-state index in [4.69, 9.17) is 0 Å². The molecule has 0 unspecified atom stereocenters. The zero-order valence-electron chi connectivity index (χ0n) is 15.3. The van der Waals surface area contributed by atoms with E-state index in [0.717, 1.165) is 36.4 Å². The number of ether oxygens (including phenoxy) is 1. The Morgan fingerprint density at radius 1 is 0.828 bits per heavy atom. The fraction of sp³-hybridized carbons (Fsp3) is 0.182. The molecule has 0 radical (unpaired) electrons. The first-order chi connectivity index (χ1) is 13.7. The van der Waals surface area contributed by atoms with Crippen LogP contribution < -0.4 is 4.74 Å². The van der Waals surface area contributed by atoms with E-state index in [-0.39, 0.29) is 22.8 Å². The van der Waals surface area contributed by atoms with Crippen LogP contribution in [0, 0.1) is 23.3 Å². The molecule has 3 aromatic rings. The Morgan fingerprint density at radius 2 is 1.45 bits per heavy atom. The summed E-state index contributed by atoms with van der Waals surface area (Å²) in [5.74, 6) is -5.56. The first kappa shape index (κ1) is 20.8. The van der Waals surface area contributed by atoms with Gasteiger partial charge in [0.05, 0.1) is 0 Å². The molecule has 7 heteroatoms. The maximum atomic E-state index is 14.5. The molecule has 0 bridgehead atoms. The Labute approximate surface area is 163 Å². The van der Waals surface area contributed by atoms with Crippen molar-refractivity contribution in [3.63, 3.8) is 0 Å². The molecule has 0 aromatic heterocycles. The van der Waals surface area contributed by atoms with E-state index in [9.17, 15) is 26.3 Å². The topological polar surface area (TPSA) is 9.23 Å². The molecule has 0 aliphatic heterocycles. The summed E-state index contributed by atoms with van der Waals surface area (Å²) in [6, 6.07) is 6.76. The highest BCUT2D eigenvalue weighted by molar-refractivity contribution is 5.84. The number of allylic oxidation sites excluding steroid dienone is 2. The van der Waals surface area contributed by atoms with E-state index in [1.54, 1.807) is 19.1 Å². The smallest absolute Gasteiger partial charge is 0.429 e. The summed E-state index contributed by atoms with van der Waals surface area (Å²) < 4.78 is 88.7. The molecule has 0 heterocycles. The number of alkyl halides is 2. The zero-order chi connectivity index (χ0) is 21.2. The van der Waals surface area contributed by atoms with Crippen molar-refractivity contribution in [2.45, 2.75) is 25.9 Å². The number of aryl methyl sites for hydroxylation is 1. The van der Waals surface area contributed by atoms with Crippen LogP contribution in [0.1, 0.15) is 24.5 Å². The predicted molar refractivity (Wildman–Crippen MR) is 97.9 cm³/mol. The van der Waals surface area contributed by atoms with Crippen molar-refractivity contribution in [2.24, 2.45) is 0 Å². The van der Waals surface area contributed by atoms with Crippen molar-refractivity contribution in [2.75, 3.05) is 0 Å². The fourth-order valence-corrected chi connectivity index (χ4v) is 2.95. The molecule has 0 aliphatic carbocycles. The molecule has 3 aromatic carbocycles. The normalized spacial score (nSPS) is 12.1. The lowest BCUT2D eigenvalue weighted by atomic mass is 10.0. The van der Waals surface area contributed by atoms with Gasteiger partial charge in [-0.3, -0.25) is 0 Å². The zero-order valence-corrected chi connectivity index (χ0v) is 15.3. The van der Waals surface area contributed by atoms with Gasteiger partial charge in [0, 0.05) is 0 Å². The van der Waals surface area contributed by atoms with Crippen molar-refractivity contribution in [3.05, 3.63) is 89.0 Å². The molecule has 1 nitrogen and oxygen atoms in total. The van der Waals surface area contributed by atoms with Gasteiger partial charge in [0.15, 0.2) is 11.6 Å². The van der Waals surface area contributed by atoms with Crippen molar-refractivity contribution < 1.29 is 31.1 Å². The molecule has 0 saturated heterocycles. The first-order valence-electron chi connectivity index (χ1n) is 8.76. The summed E-state index contributed by atoms with van der Waals surface area (Å²) in [6.07, 6.45) is 0.0403. The summed E-state index contributed by atoms with van der Waals surface area (Å²) in [6.45, 7) is 1.79. The standard InChI is InChI=1S/C22H16F6O/c1-2-3-4-5-13-8-19(25)21(20(26)9-13)22(27,28)29-16-7-6-14-11-17(23)18(24)12-15(14)10-16/h2-3,6-12H,4-5H2,1H3/b3-2+. The highest BCUT2D eigenvalue weighted by Crippen LogP contribution is 2.36. The summed E-state index contributed by atoms with van der Waals surface area (Å²) in [5.41, 5.74) is -1.28. The molecule has 29 heavy (non-hydrogen) atoms. The molecule has 0 N–H and O–H groups in total. The average Bonchev–Trinajstić information content (AvgIpc) is 2.62. The van der Waals surface area contributed by atoms with E-state index in [0.29, 0.717) is 6.42 Å². The Balaban J connectivity index is 1.90. The van der Waals surface area contributed by atoms with Crippen molar-refractivity contribution >= 4 is 10.8 Å². The summed E-state index contributed by atoms with van der Waals surface area (Å²) in [5, 5.41) is 0.347. The maximum absolute atomic E-state index is 14.5. The lowest BCUT2D eigenvalue weighted by Crippen LogP contribution is -2.25. The minimum atomic E-state index is -4.32. The quantitative estimate of drug-likeness (QED) is 0.313. The van der Waals surface area contributed by atoms with Crippen molar-refractivity contribution in [1.29, 1.82) is 0 Å². The summed E-state index contributed by atoms with van der Waals surface area (Å²) in [4.78, 5) is 0. The van der Waals surface area contributed by atoms with E-state index in [2.05, 4.69) is 4.74 Å². The van der Waals surface area contributed by atoms with E-state index >= 15 is 0 Å². The molecule has 0 spiro atoms. The molecule has 0 aliphatic rings. The van der Waals surface area contributed by atoms with Crippen LogP contribution in [0.25, 0.3) is 10.8 Å². The summed E-state index contributed by atoms with van der Waals surface area (Å²) in [7, 11) is 0. The number of benzene rings is 3. The number of halogens is 6. The van der Waals surface area contributed by atoms with Crippen LogP contribution in [0.5, 0.6) is 5.75 Å². The fourth-order valence-electron chi connectivity index (χ4n) is 2.95. The van der Waals surface area contributed by atoms with E-state index < -0.39 is 40.7 Å². The molecule has 3 rings (SSSR count). The van der Waals surface area contributed by atoms with Crippen LogP contribution in [-0.4, -0.2) is 0 Å². The lowest BCUT2D eigenvalue weighted by Gasteiger charge is -2.20. The highest BCUT2D eigenvalue weighted by Gasteiger charge is 2.41. The van der Waals surface area contributed by atoms with Gasteiger partial charge >= 0.3 is 6.11 Å². The Morgan fingerprint density at radius 3 is 2.07 bits per heavy atom. The Hall–Kier alpha value is -2.96. The van der Waals surface area contributed by atoms with E-state index in [1.165, 1.54) is 6.07 Å². The second kappa shape index (κ2) is 8.19. The molecule has 0 fully saturated rings. The first-order valence-corrected chi connectivity index (χ1v) is 8.76. The van der Waals surface area contributed by atoms with Crippen molar-refractivity contribution in [3.8, 4) is 5.75 Å². The Bertz CT molecular complexity index is 1050. The molecule has 0 saturated carbocycles. The molecule has 0 amide bonds. The minimum absolute atomic E-state index is 0.0949. The highest BCUT2D eigenvalue weighted by atomic mass is 19.3. The van der Waals surface area contributed by atoms with Gasteiger partial charge in [-0.1, -0.05) is 18.2 Å². The van der Waals surface area contributed by atoms with Gasteiger partial charge in [-0.25, -0.2) is 17.6 Å². The van der Waals surface area contributed by atoms with Crippen LogP contribution in [-0.2, 0) is 12.5 Å². The lowest BCUT2D eigenvalue weighted by molar-refractivity contribution is -0.189. The second-order valence-electron chi connectivity index (χ2n) is 6.44.